The molecule has 0 unspecified atom stereocenters. The van der Waals surface area contributed by atoms with Crippen molar-refractivity contribution in [2.24, 2.45) is 5.10 Å². The lowest BCUT2D eigenvalue weighted by molar-refractivity contribution is -0.123. The van der Waals surface area contributed by atoms with Gasteiger partial charge in [0.25, 0.3) is 5.91 Å². The van der Waals surface area contributed by atoms with Crippen molar-refractivity contribution in [1.82, 2.24) is 10.4 Å². The Labute approximate surface area is 137 Å². The molecule has 2 aromatic rings. The maximum absolute atomic E-state index is 11.8. The Bertz CT molecular complexity index is 688. The van der Waals surface area contributed by atoms with E-state index in [2.05, 4.69) is 31.4 Å². The van der Waals surface area contributed by atoms with E-state index in [0.717, 1.165) is 27.0 Å². The van der Waals surface area contributed by atoms with Gasteiger partial charge in [-0.05, 0) is 44.5 Å². The molecule has 2 N–H and O–H groups in total. The first-order valence-electron chi connectivity index (χ1n) is 6.84. The minimum atomic E-state index is -0.301. The number of aryl methyl sites for hydroxylation is 2. The molecule has 0 bridgehead atoms. The summed E-state index contributed by atoms with van der Waals surface area (Å²) in [4.78, 5) is 14.9. The Morgan fingerprint density at radius 3 is 2.82 bits per heavy atom. The third-order valence-corrected chi connectivity index (χ3v) is 3.64. The summed E-state index contributed by atoms with van der Waals surface area (Å²) in [5.74, 6) is 0.327. The van der Waals surface area contributed by atoms with Crippen molar-refractivity contribution >= 4 is 27.5 Å². The van der Waals surface area contributed by atoms with Gasteiger partial charge in [0.1, 0.15) is 5.75 Å². The number of aromatic nitrogens is 1. The van der Waals surface area contributed by atoms with Crippen LogP contribution in [0.3, 0.4) is 0 Å². The largest absolute Gasteiger partial charge is 0.484 e. The number of hydrazone groups is 1. The minimum Gasteiger partial charge on any atom is -0.484 e. The van der Waals surface area contributed by atoms with Crippen LogP contribution in [0.15, 0.2) is 40.0 Å². The number of nitrogens with zero attached hydrogens (tertiary/aromatic N) is 1. The molecular formula is C16H18BrN3O2. The van der Waals surface area contributed by atoms with Gasteiger partial charge in [-0.2, -0.15) is 5.10 Å². The van der Waals surface area contributed by atoms with E-state index in [1.165, 1.54) is 0 Å². The van der Waals surface area contributed by atoms with Gasteiger partial charge in [0.2, 0.25) is 0 Å². The molecule has 1 amide bonds. The highest BCUT2D eigenvalue weighted by molar-refractivity contribution is 9.10. The van der Waals surface area contributed by atoms with Gasteiger partial charge >= 0.3 is 0 Å². The first kappa shape index (κ1) is 16.3. The van der Waals surface area contributed by atoms with Crippen molar-refractivity contribution in [3.8, 4) is 5.75 Å². The molecule has 0 aliphatic rings. The fourth-order valence-electron chi connectivity index (χ4n) is 2.15. The molecule has 5 nitrogen and oxygen atoms in total. The molecule has 1 heterocycles. The SMILES string of the molecule is C/C(=N\NC(=O)COc1cccc(Br)c1)c1c(C)c[nH]c1C. The quantitative estimate of drug-likeness (QED) is 0.632. The van der Waals surface area contributed by atoms with Crippen molar-refractivity contribution in [3.63, 3.8) is 0 Å². The maximum Gasteiger partial charge on any atom is 0.277 e. The summed E-state index contributed by atoms with van der Waals surface area (Å²) in [5, 5.41) is 4.13. The van der Waals surface area contributed by atoms with Gasteiger partial charge in [-0.1, -0.05) is 22.0 Å². The number of benzene rings is 1. The Balaban J connectivity index is 1.91. The zero-order valence-electron chi connectivity index (χ0n) is 12.7. The molecule has 0 spiro atoms. The van der Waals surface area contributed by atoms with Gasteiger partial charge in [-0.3, -0.25) is 4.79 Å². The highest BCUT2D eigenvalue weighted by Gasteiger charge is 2.08. The van der Waals surface area contributed by atoms with Crippen LogP contribution < -0.4 is 10.2 Å². The van der Waals surface area contributed by atoms with Crippen molar-refractivity contribution in [2.45, 2.75) is 20.8 Å². The summed E-state index contributed by atoms with van der Waals surface area (Å²) in [6, 6.07) is 7.33. The number of nitrogens with one attached hydrogen (secondary N) is 2. The molecule has 116 valence electrons. The van der Waals surface area contributed by atoms with Gasteiger partial charge in [0.05, 0.1) is 5.71 Å². The number of hydrogen-bond acceptors (Lipinski definition) is 3. The summed E-state index contributed by atoms with van der Waals surface area (Å²) in [5.41, 5.74) is 6.41. The van der Waals surface area contributed by atoms with Crippen LogP contribution in [-0.4, -0.2) is 23.2 Å². The standard InChI is InChI=1S/C16H18BrN3O2/c1-10-8-18-11(2)16(10)12(3)19-20-15(21)9-22-14-6-4-5-13(17)7-14/h4-8,18H,9H2,1-3H3,(H,20,21)/b19-12+. The van der Waals surface area contributed by atoms with Crippen LogP contribution in [0, 0.1) is 13.8 Å². The second-order valence-electron chi connectivity index (χ2n) is 4.95. The number of carbonyl (C=O) groups is 1. The number of amides is 1. The minimum absolute atomic E-state index is 0.0850. The molecule has 1 aromatic heterocycles. The van der Waals surface area contributed by atoms with Gasteiger partial charge in [-0.25, -0.2) is 5.43 Å². The molecule has 0 saturated heterocycles. The van der Waals surface area contributed by atoms with Crippen LogP contribution in [0.25, 0.3) is 0 Å². The lowest BCUT2D eigenvalue weighted by atomic mass is 10.1. The van der Waals surface area contributed by atoms with E-state index in [1.807, 2.05) is 39.1 Å². The average molecular weight is 364 g/mol. The molecule has 22 heavy (non-hydrogen) atoms. The second kappa shape index (κ2) is 7.26. The van der Waals surface area contributed by atoms with Crippen molar-refractivity contribution in [1.29, 1.82) is 0 Å². The number of ether oxygens (including phenoxy) is 1. The molecule has 2 rings (SSSR count). The Kier molecular flexibility index (Phi) is 5.38. The normalized spacial score (nSPS) is 11.4. The van der Waals surface area contributed by atoms with E-state index in [-0.39, 0.29) is 12.5 Å². The highest BCUT2D eigenvalue weighted by Crippen LogP contribution is 2.17. The summed E-state index contributed by atoms with van der Waals surface area (Å²) in [7, 11) is 0. The topological polar surface area (TPSA) is 66.5 Å². The van der Waals surface area contributed by atoms with Gasteiger partial charge < -0.3 is 9.72 Å². The van der Waals surface area contributed by atoms with E-state index in [4.69, 9.17) is 4.74 Å². The molecule has 0 saturated carbocycles. The molecule has 0 aliphatic carbocycles. The average Bonchev–Trinajstić information content (AvgIpc) is 2.82. The molecule has 1 aromatic carbocycles. The fourth-order valence-corrected chi connectivity index (χ4v) is 2.53. The molecule has 0 aliphatic heterocycles. The van der Waals surface area contributed by atoms with Crippen molar-refractivity contribution in [2.75, 3.05) is 6.61 Å². The monoisotopic (exact) mass is 363 g/mol. The third kappa shape index (κ3) is 4.21. The van der Waals surface area contributed by atoms with Gasteiger partial charge in [0.15, 0.2) is 6.61 Å². The van der Waals surface area contributed by atoms with Gasteiger partial charge in [-0.15, -0.1) is 0 Å². The third-order valence-electron chi connectivity index (χ3n) is 3.15. The van der Waals surface area contributed by atoms with Crippen LogP contribution >= 0.6 is 15.9 Å². The Hall–Kier alpha value is -2.08. The number of H-pyrrole nitrogens is 1. The second-order valence-corrected chi connectivity index (χ2v) is 5.87. The zero-order valence-corrected chi connectivity index (χ0v) is 14.3. The fraction of sp³-hybridized carbons (Fsp3) is 0.250. The van der Waals surface area contributed by atoms with Crippen LogP contribution in [0.1, 0.15) is 23.7 Å². The first-order valence-corrected chi connectivity index (χ1v) is 7.63. The van der Waals surface area contributed by atoms with Crippen LogP contribution in [0.5, 0.6) is 5.75 Å². The van der Waals surface area contributed by atoms with E-state index >= 15 is 0 Å². The number of aromatic amines is 1. The van der Waals surface area contributed by atoms with Crippen LogP contribution in [0.4, 0.5) is 0 Å². The van der Waals surface area contributed by atoms with Crippen molar-refractivity contribution < 1.29 is 9.53 Å². The van der Waals surface area contributed by atoms with Crippen LogP contribution in [-0.2, 0) is 4.79 Å². The lowest BCUT2D eigenvalue weighted by Gasteiger charge is -2.06. The lowest BCUT2D eigenvalue weighted by Crippen LogP contribution is -2.25. The summed E-state index contributed by atoms with van der Waals surface area (Å²) in [6.45, 7) is 5.74. The van der Waals surface area contributed by atoms with Crippen LogP contribution in [0.2, 0.25) is 0 Å². The predicted molar refractivity (Wildman–Crippen MR) is 90.3 cm³/mol. The number of halogens is 1. The summed E-state index contributed by atoms with van der Waals surface area (Å²) in [6.07, 6.45) is 1.92. The van der Waals surface area contributed by atoms with E-state index in [1.54, 1.807) is 12.1 Å². The van der Waals surface area contributed by atoms with E-state index in [9.17, 15) is 4.79 Å². The summed E-state index contributed by atoms with van der Waals surface area (Å²) < 4.78 is 6.30. The van der Waals surface area contributed by atoms with Gasteiger partial charge in [0, 0.05) is 21.9 Å². The molecule has 0 radical (unpaired) electrons. The van der Waals surface area contributed by atoms with E-state index < -0.39 is 0 Å². The molecule has 0 atom stereocenters. The maximum atomic E-state index is 11.8. The highest BCUT2D eigenvalue weighted by atomic mass is 79.9. The van der Waals surface area contributed by atoms with Crippen molar-refractivity contribution in [3.05, 3.63) is 51.8 Å². The summed E-state index contributed by atoms with van der Waals surface area (Å²) >= 11 is 3.35. The Morgan fingerprint density at radius 1 is 1.41 bits per heavy atom. The zero-order chi connectivity index (χ0) is 16.1. The first-order chi connectivity index (χ1) is 10.5. The number of rotatable bonds is 5. The smallest absolute Gasteiger partial charge is 0.277 e. The molecular weight excluding hydrogens is 346 g/mol. The molecule has 0 fully saturated rings. The number of carbonyl (C=O) groups excluding carboxylic acids is 1. The number of hydrogen-bond donors (Lipinski definition) is 2. The molecule has 6 heteroatoms. The Morgan fingerprint density at radius 2 is 2.18 bits per heavy atom. The van der Waals surface area contributed by atoms with E-state index in [0.29, 0.717) is 5.75 Å². The predicted octanol–water partition coefficient (Wildman–Crippen LogP) is 3.31.